The summed E-state index contributed by atoms with van der Waals surface area (Å²) in [6.45, 7) is 0. The highest BCUT2D eigenvalue weighted by Gasteiger charge is 2.17. The van der Waals surface area contributed by atoms with E-state index in [0.29, 0.717) is 33.9 Å². The summed E-state index contributed by atoms with van der Waals surface area (Å²) in [5.74, 6) is 0.718. The summed E-state index contributed by atoms with van der Waals surface area (Å²) in [4.78, 5) is 14.1. The van der Waals surface area contributed by atoms with Gasteiger partial charge in [-0.3, -0.25) is 0 Å². The highest BCUT2D eigenvalue weighted by molar-refractivity contribution is 7.25. The molecule has 3 heterocycles. The zero-order chi connectivity index (χ0) is 34.3. The molecule has 0 amide bonds. The van der Waals surface area contributed by atoms with E-state index in [4.69, 9.17) is 24.9 Å². The summed E-state index contributed by atoms with van der Waals surface area (Å²) in [6, 6.07) is 30.9. The maximum absolute atomic E-state index is 9.38. The molecule has 0 unspecified atom stereocenters. The quantitative estimate of drug-likeness (QED) is 0.205. The second-order valence-corrected chi connectivity index (χ2v) is 11.4. The van der Waals surface area contributed by atoms with Gasteiger partial charge in [0.2, 0.25) is 0 Å². The first-order chi connectivity index (χ1) is 24.3. The minimum atomic E-state index is -0.329. The van der Waals surface area contributed by atoms with E-state index in [-0.39, 0.29) is 69.6 Å². The van der Waals surface area contributed by atoms with Gasteiger partial charge in [0, 0.05) is 53.2 Å². The van der Waals surface area contributed by atoms with Gasteiger partial charge in [0.05, 0.1) is 8.22 Å². The summed E-state index contributed by atoms with van der Waals surface area (Å²) in [6.07, 6.45) is 0. The number of para-hydroxylation sites is 1. The molecule has 0 saturated heterocycles. The molecule has 6 aromatic carbocycles. The zero-order valence-electron chi connectivity index (χ0n) is 29.0. The number of furan rings is 1. The van der Waals surface area contributed by atoms with Gasteiger partial charge in [-0.05, 0) is 35.8 Å². The minimum Gasteiger partial charge on any atom is -0.455 e. The van der Waals surface area contributed by atoms with Crippen LogP contribution in [0.1, 0.15) is 8.22 Å². The van der Waals surface area contributed by atoms with Gasteiger partial charge in [0.15, 0.2) is 17.5 Å². The Kier molecular flexibility index (Phi) is 4.42. The van der Waals surface area contributed by atoms with E-state index in [2.05, 4.69) is 6.07 Å². The molecule has 3 aromatic heterocycles. The Labute approximate surface area is 265 Å². The smallest absolute Gasteiger partial charge is 0.164 e. The first-order valence-corrected chi connectivity index (χ1v) is 14.9. The van der Waals surface area contributed by atoms with Crippen LogP contribution in [0.4, 0.5) is 0 Å². The third kappa shape index (κ3) is 4.09. The highest BCUT2D eigenvalue weighted by atomic mass is 32.1. The van der Waals surface area contributed by atoms with Crippen molar-refractivity contribution in [3.05, 3.63) is 139 Å². The van der Waals surface area contributed by atoms with Crippen molar-refractivity contribution in [2.45, 2.75) is 0 Å². The van der Waals surface area contributed by atoms with Gasteiger partial charge in [-0.25, -0.2) is 15.0 Å². The number of hydrogen-bond acceptors (Lipinski definition) is 5. The Bertz CT molecular complexity index is 2780. The molecular formula is C39H23N3OS. The number of aromatic nitrogens is 3. The van der Waals surface area contributed by atoms with Crippen LogP contribution in [-0.2, 0) is 0 Å². The molecule has 0 aliphatic rings. The molecule has 0 spiro atoms. The summed E-state index contributed by atoms with van der Waals surface area (Å²) in [5.41, 5.74) is 2.40. The van der Waals surface area contributed by atoms with Crippen molar-refractivity contribution in [2.75, 3.05) is 0 Å². The van der Waals surface area contributed by atoms with Crippen molar-refractivity contribution >= 4 is 53.4 Å². The van der Waals surface area contributed by atoms with Gasteiger partial charge < -0.3 is 4.42 Å². The van der Waals surface area contributed by atoms with Gasteiger partial charge >= 0.3 is 0 Å². The Balaban J connectivity index is 1.33. The molecule has 0 aliphatic carbocycles. The molecule has 5 heteroatoms. The second-order valence-electron chi connectivity index (χ2n) is 10.4. The molecule has 0 saturated carbocycles. The molecule has 9 aromatic rings. The first-order valence-electron chi connectivity index (χ1n) is 17.0. The molecule has 0 aliphatic heterocycles. The van der Waals surface area contributed by atoms with Crippen molar-refractivity contribution in [1.82, 2.24) is 15.0 Å². The lowest BCUT2D eigenvalue weighted by Gasteiger charge is -2.08. The van der Waals surface area contributed by atoms with Crippen LogP contribution in [0.3, 0.4) is 0 Å². The minimum absolute atomic E-state index is 0.0187. The highest BCUT2D eigenvalue weighted by Crippen LogP contribution is 2.40. The van der Waals surface area contributed by atoms with Crippen LogP contribution in [0.2, 0.25) is 0 Å². The van der Waals surface area contributed by atoms with Gasteiger partial charge in [-0.1, -0.05) is 109 Å². The Morgan fingerprint density at radius 3 is 1.93 bits per heavy atom. The molecule has 0 atom stereocenters. The summed E-state index contributed by atoms with van der Waals surface area (Å²) in [7, 11) is 0. The molecule has 0 radical (unpaired) electrons. The molecule has 0 bridgehead atoms. The van der Waals surface area contributed by atoms with Gasteiger partial charge in [0.1, 0.15) is 11.2 Å². The predicted molar refractivity (Wildman–Crippen MR) is 182 cm³/mol. The maximum Gasteiger partial charge on any atom is 0.164 e. The average molecular weight is 588 g/mol. The van der Waals surface area contributed by atoms with Crippen molar-refractivity contribution in [2.24, 2.45) is 0 Å². The van der Waals surface area contributed by atoms with Crippen molar-refractivity contribution in [1.29, 1.82) is 0 Å². The Morgan fingerprint density at radius 1 is 0.523 bits per heavy atom. The third-order valence-corrected chi connectivity index (χ3v) is 8.80. The van der Waals surface area contributed by atoms with E-state index in [1.165, 1.54) is 0 Å². The van der Waals surface area contributed by atoms with E-state index in [0.717, 1.165) is 20.2 Å². The average Bonchev–Trinajstić information content (AvgIpc) is 3.73. The zero-order valence-corrected chi connectivity index (χ0v) is 23.8. The molecule has 4 nitrogen and oxygen atoms in total. The van der Waals surface area contributed by atoms with Crippen LogP contribution in [-0.4, -0.2) is 15.0 Å². The number of rotatable bonds is 4. The van der Waals surface area contributed by atoms with Crippen LogP contribution >= 0.6 is 11.3 Å². The summed E-state index contributed by atoms with van der Waals surface area (Å²) in [5, 5.41) is 2.25. The van der Waals surface area contributed by atoms with E-state index in [1.807, 2.05) is 97.1 Å². The molecule has 206 valence electrons. The molecule has 0 N–H and O–H groups in total. The summed E-state index contributed by atoms with van der Waals surface area (Å²) >= 11 is 1.66. The Morgan fingerprint density at radius 2 is 1.18 bits per heavy atom. The van der Waals surface area contributed by atoms with E-state index < -0.39 is 0 Å². The number of benzene rings is 6. The number of nitrogens with zero attached hydrogens (tertiary/aromatic N) is 3. The standard InChI is InChI=1S/C39H23N3OS/c1-3-10-24(11-4-1)37-40-38(25-12-5-2-6-13-25)42-39(41-37)27-18-20-29-31-16-9-15-28(36(31)43-33(29)23-27)26-19-21-35-32(22-26)30-14-7-8-17-34(30)44-35/h1-23H/i9D,15D,16D,18D,20D,23D. The van der Waals surface area contributed by atoms with Crippen molar-refractivity contribution in [3.63, 3.8) is 0 Å². The number of hydrogen-bond donors (Lipinski definition) is 0. The van der Waals surface area contributed by atoms with Gasteiger partial charge in [-0.2, -0.15) is 0 Å². The van der Waals surface area contributed by atoms with E-state index in [1.54, 1.807) is 11.3 Å². The van der Waals surface area contributed by atoms with Crippen molar-refractivity contribution < 1.29 is 12.6 Å². The normalized spacial score (nSPS) is 13.5. The van der Waals surface area contributed by atoms with E-state index >= 15 is 0 Å². The lowest BCUT2D eigenvalue weighted by atomic mass is 10.00. The van der Waals surface area contributed by atoms with Crippen LogP contribution in [0, 0.1) is 0 Å². The molecule has 9 rings (SSSR count). The van der Waals surface area contributed by atoms with E-state index in [9.17, 15) is 2.74 Å². The van der Waals surface area contributed by atoms with Crippen LogP contribution < -0.4 is 0 Å². The number of fused-ring (bicyclic) bond motifs is 6. The molecule has 0 fully saturated rings. The van der Waals surface area contributed by atoms with Gasteiger partial charge in [-0.15, -0.1) is 11.3 Å². The van der Waals surface area contributed by atoms with Crippen LogP contribution in [0.25, 0.3) is 87.4 Å². The molecular weight excluding hydrogens is 559 g/mol. The Hall–Kier alpha value is -5.65. The van der Waals surface area contributed by atoms with Gasteiger partial charge in [0.25, 0.3) is 0 Å². The largest absolute Gasteiger partial charge is 0.455 e. The maximum atomic E-state index is 9.38. The summed E-state index contributed by atoms with van der Waals surface area (Å²) < 4.78 is 63.0. The predicted octanol–water partition coefficient (Wildman–Crippen LogP) is 10.8. The fourth-order valence-electron chi connectivity index (χ4n) is 5.53. The SMILES string of the molecule is [2H]c1c([2H])c([2H])c2c(oc3c([2H])c(-c4nc(-c5ccccc5)nc(-c5ccccc5)n4)c([2H])c([2H])c32)c1-c1ccc2sc3ccccc3c2c1. The number of thiophene rings is 1. The third-order valence-electron chi connectivity index (χ3n) is 7.65. The van der Waals surface area contributed by atoms with Crippen molar-refractivity contribution in [3.8, 4) is 45.3 Å². The lowest BCUT2D eigenvalue weighted by Crippen LogP contribution is -2.00. The lowest BCUT2D eigenvalue weighted by molar-refractivity contribution is 0.670. The fourth-order valence-corrected chi connectivity index (χ4v) is 6.62. The first kappa shape index (κ1) is 19.5. The monoisotopic (exact) mass is 587 g/mol. The van der Waals surface area contributed by atoms with Crippen LogP contribution in [0.5, 0.6) is 0 Å². The topological polar surface area (TPSA) is 51.8 Å². The van der Waals surface area contributed by atoms with Crippen LogP contribution in [0.15, 0.2) is 144 Å². The fraction of sp³-hybridized carbons (Fsp3) is 0. The second kappa shape index (κ2) is 9.97. The molecule has 44 heavy (non-hydrogen) atoms.